The molecule has 27 heavy (non-hydrogen) atoms. The van der Waals surface area contributed by atoms with Crippen LogP contribution in [0.1, 0.15) is 11.1 Å². The molecule has 0 bridgehead atoms. The Kier molecular flexibility index (Phi) is 7.19. The van der Waals surface area contributed by atoms with E-state index < -0.39 is 24.5 Å². The van der Waals surface area contributed by atoms with Crippen LogP contribution in [0.15, 0.2) is 30.5 Å². The Labute approximate surface area is 158 Å². The number of benzene rings is 1. The maximum absolute atomic E-state index is 12.6. The predicted octanol–water partition coefficient (Wildman–Crippen LogP) is 4.24. The SMILES string of the molecule is COCCOP(=O)(O)Cc1ccc(Nc2ncc(C(F)(F)F)c(Cl)n2)cc1. The number of ether oxygens (including phenoxy) is 1. The van der Waals surface area contributed by atoms with Crippen molar-refractivity contribution in [1.29, 1.82) is 0 Å². The molecule has 148 valence electrons. The Hall–Kier alpha value is -1.71. The Morgan fingerprint density at radius 3 is 2.48 bits per heavy atom. The summed E-state index contributed by atoms with van der Waals surface area (Å²) in [4.78, 5) is 16.9. The molecule has 0 aliphatic heterocycles. The van der Waals surface area contributed by atoms with E-state index >= 15 is 0 Å². The number of aromatic nitrogens is 2. The van der Waals surface area contributed by atoms with Crippen LogP contribution in [0.2, 0.25) is 5.15 Å². The summed E-state index contributed by atoms with van der Waals surface area (Å²) in [6.45, 7) is 0.193. The number of nitrogens with zero attached hydrogens (tertiary/aromatic N) is 2. The van der Waals surface area contributed by atoms with Gasteiger partial charge in [-0.05, 0) is 17.7 Å². The fraction of sp³-hybridized carbons (Fsp3) is 0.333. The van der Waals surface area contributed by atoms with Crippen LogP contribution in [0.25, 0.3) is 0 Å². The molecule has 2 aromatic rings. The van der Waals surface area contributed by atoms with Crippen molar-refractivity contribution >= 4 is 30.8 Å². The number of nitrogens with one attached hydrogen (secondary N) is 1. The molecular weight excluding hydrogens is 410 g/mol. The lowest BCUT2D eigenvalue weighted by Crippen LogP contribution is -2.09. The van der Waals surface area contributed by atoms with E-state index in [2.05, 4.69) is 15.3 Å². The summed E-state index contributed by atoms with van der Waals surface area (Å²) in [7, 11) is -2.35. The zero-order valence-electron chi connectivity index (χ0n) is 14.0. The summed E-state index contributed by atoms with van der Waals surface area (Å²) < 4.78 is 59.5. The van der Waals surface area contributed by atoms with E-state index in [4.69, 9.17) is 20.9 Å². The molecule has 0 fully saturated rings. The zero-order valence-corrected chi connectivity index (χ0v) is 15.7. The standard InChI is InChI=1S/C15H16ClF3N3O4P/c1-25-6-7-26-27(23,24)9-10-2-4-11(5-3-10)21-14-20-8-12(13(16)22-14)15(17,18)19/h2-5,8H,6-7,9H2,1H3,(H,23,24)(H,20,21,22). The highest BCUT2D eigenvalue weighted by Gasteiger charge is 2.34. The van der Waals surface area contributed by atoms with Crippen molar-refractivity contribution in [2.24, 2.45) is 0 Å². The third kappa shape index (κ3) is 6.75. The van der Waals surface area contributed by atoms with E-state index in [1.165, 1.54) is 7.11 Å². The van der Waals surface area contributed by atoms with Gasteiger partial charge in [-0.3, -0.25) is 4.57 Å². The third-order valence-electron chi connectivity index (χ3n) is 3.22. The first kappa shape index (κ1) is 21.6. The first-order valence-electron chi connectivity index (χ1n) is 7.52. The van der Waals surface area contributed by atoms with Gasteiger partial charge in [-0.2, -0.15) is 13.2 Å². The second-order valence-corrected chi connectivity index (χ2v) is 7.55. The molecule has 0 aliphatic rings. The minimum atomic E-state index is -4.64. The predicted molar refractivity (Wildman–Crippen MR) is 93.1 cm³/mol. The fourth-order valence-corrected chi connectivity index (χ4v) is 3.33. The Bertz CT molecular complexity index is 821. The molecule has 12 heteroatoms. The van der Waals surface area contributed by atoms with Crippen LogP contribution < -0.4 is 5.32 Å². The lowest BCUT2D eigenvalue weighted by Gasteiger charge is -2.13. The molecule has 1 atom stereocenters. The van der Waals surface area contributed by atoms with Gasteiger partial charge in [0, 0.05) is 19.0 Å². The number of hydrogen-bond donors (Lipinski definition) is 2. The number of alkyl halides is 3. The number of halogens is 4. The van der Waals surface area contributed by atoms with Crippen molar-refractivity contribution in [2.75, 3.05) is 25.6 Å². The van der Waals surface area contributed by atoms with Crippen molar-refractivity contribution < 1.29 is 31.9 Å². The van der Waals surface area contributed by atoms with Gasteiger partial charge in [0.1, 0.15) is 10.7 Å². The molecule has 7 nitrogen and oxygen atoms in total. The highest BCUT2D eigenvalue weighted by atomic mass is 35.5. The Balaban J connectivity index is 2.01. The normalized spacial score (nSPS) is 14.0. The van der Waals surface area contributed by atoms with Gasteiger partial charge in [-0.1, -0.05) is 23.7 Å². The van der Waals surface area contributed by atoms with Crippen molar-refractivity contribution in [3.8, 4) is 0 Å². The van der Waals surface area contributed by atoms with Crippen LogP contribution in [0.5, 0.6) is 0 Å². The van der Waals surface area contributed by atoms with Gasteiger partial charge in [-0.15, -0.1) is 0 Å². The first-order valence-corrected chi connectivity index (χ1v) is 9.66. The van der Waals surface area contributed by atoms with Crippen LogP contribution in [0.3, 0.4) is 0 Å². The molecule has 0 amide bonds. The van der Waals surface area contributed by atoms with Crippen LogP contribution in [-0.2, 0) is 26.2 Å². The minimum absolute atomic E-state index is 0.00403. The second kappa shape index (κ2) is 8.99. The van der Waals surface area contributed by atoms with Crippen LogP contribution in [0.4, 0.5) is 24.8 Å². The molecule has 0 saturated heterocycles. The smallest absolute Gasteiger partial charge is 0.382 e. The van der Waals surface area contributed by atoms with Gasteiger partial charge in [0.2, 0.25) is 5.95 Å². The zero-order chi connectivity index (χ0) is 20.1. The number of methoxy groups -OCH3 is 1. The van der Waals surface area contributed by atoms with Crippen molar-refractivity contribution in [1.82, 2.24) is 9.97 Å². The maximum atomic E-state index is 12.6. The van der Waals surface area contributed by atoms with Gasteiger partial charge in [0.05, 0.1) is 19.4 Å². The molecule has 1 unspecified atom stereocenters. The Morgan fingerprint density at radius 1 is 1.26 bits per heavy atom. The van der Waals surface area contributed by atoms with Gasteiger partial charge < -0.3 is 19.5 Å². The monoisotopic (exact) mass is 425 g/mol. The quantitative estimate of drug-likeness (QED) is 0.371. The van der Waals surface area contributed by atoms with Gasteiger partial charge >= 0.3 is 13.8 Å². The van der Waals surface area contributed by atoms with Crippen molar-refractivity contribution in [3.05, 3.63) is 46.7 Å². The largest absolute Gasteiger partial charge is 0.420 e. The van der Waals surface area contributed by atoms with Gasteiger partial charge in [0.25, 0.3) is 0 Å². The van der Waals surface area contributed by atoms with E-state index in [0.29, 0.717) is 17.4 Å². The molecule has 0 aliphatic carbocycles. The molecule has 1 aromatic carbocycles. The van der Waals surface area contributed by atoms with E-state index in [1.807, 2.05) is 0 Å². The molecule has 0 radical (unpaired) electrons. The van der Waals surface area contributed by atoms with E-state index in [-0.39, 0.29) is 25.3 Å². The second-order valence-electron chi connectivity index (χ2n) is 5.34. The lowest BCUT2D eigenvalue weighted by molar-refractivity contribution is -0.137. The van der Waals surface area contributed by atoms with Gasteiger partial charge in [0.15, 0.2) is 0 Å². The van der Waals surface area contributed by atoms with E-state index in [1.54, 1.807) is 24.3 Å². The van der Waals surface area contributed by atoms with Crippen LogP contribution in [-0.4, -0.2) is 35.2 Å². The van der Waals surface area contributed by atoms with E-state index in [0.717, 1.165) is 0 Å². The minimum Gasteiger partial charge on any atom is -0.382 e. The molecule has 2 rings (SSSR count). The van der Waals surface area contributed by atoms with Crippen molar-refractivity contribution in [3.63, 3.8) is 0 Å². The maximum Gasteiger partial charge on any atom is 0.420 e. The lowest BCUT2D eigenvalue weighted by atomic mass is 10.2. The molecule has 2 N–H and O–H groups in total. The highest BCUT2D eigenvalue weighted by molar-refractivity contribution is 7.51. The number of anilines is 2. The summed E-state index contributed by atoms with van der Waals surface area (Å²) in [5.74, 6) is -0.114. The molecular formula is C15H16ClF3N3O4P. The van der Waals surface area contributed by atoms with Crippen molar-refractivity contribution in [2.45, 2.75) is 12.3 Å². The molecule has 1 aromatic heterocycles. The first-order chi connectivity index (χ1) is 12.6. The summed E-state index contributed by atoms with van der Waals surface area (Å²) in [6, 6.07) is 6.24. The highest BCUT2D eigenvalue weighted by Crippen LogP contribution is 2.45. The topological polar surface area (TPSA) is 93.6 Å². The summed E-state index contributed by atoms with van der Waals surface area (Å²) >= 11 is 5.54. The summed E-state index contributed by atoms with van der Waals surface area (Å²) in [6.07, 6.45) is -4.24. The third-order valence-corrected chi connectivity index (χ3v) is 4.86. The van der Waals surface area contributed by atoms with E-state index in [9.17, 15) is 22.6 Å². The fourth-order valence-electron chi connectivity index (χ4n) is 1.97. The van der Waals surface area contributed by atoms with Gasteiger partial charge in [-0.25, -0.2) is 9.97 Å². The molecule has 1 heterocycles. The summed E-state index contributed by atoms with van der Waals surface area (Å²) in [5, 5.41) is 1.99. The molecule has 0 saturated carbocycles. The van der Waals surface area contributed by atoms with Crippen LogP contribution >= 0.6 is 19.2 Å². The average Bonchev–Trinajstić information content (AvgIpc) is 2.55. The van der Waals surface area contributed by atoms with Crippen LogP contribution in [0, 0.1) is 0 Å². The Morgan fingerprint density at radius 2 is 1.93 bits per heavy atom. The molecule has 0 spiro atoms. The number of rotatable bonds is 8. The average molecular weight is 426 g/mol. The summed E-state index contributed by atoms with van der Waals surface area (Å²) in [5.41, 5.74) is -0.130. The number of hydrogen-bond acceptors (Lipinski definition) is 6.